The van der Waals surface area contributed by atoms with E-state index in [0.717, 1.165) is 29.7 Å². The van der Waals surface area contributed by atoms with Gasteiger partial charge in [-0.15, -0.1) is 0 Å². The van der Waals surface area contributed by atoms with Crippen molar-refractivity contribution in [3.8, 4) is 17.6 Å². The number of hydrogen-bond donors (Lipinski definition) is 0. The number of nitriles is 1. The molecule has 0 heterocycles. The molecule has 0 fully saturated rings. The van der Waals surface area contributed by atoms with E-state index in [1.165, 1.54) is 6.08 Å². The van der Waals surface area contributed by atoms with Gasteiger partial charge in [-0.05, 0) is 54.8 Å². The van der Waals surface area contributed by atoms with Crippen LogP contribution < -0.4 is 9.47 Å². The number of benzene rings is 2. The van der Waals surface area contributed by atoms with Crippen LogP contribution in [0, 0.1) is 18.3 Å². The molecule has 25 heavy (non-hydrogen) atoms. The first-order valence-corrected chi connectivity index (χ1v) is 8.26. The number of unbranched alkanes of at least 4 members (excludes halogenated alkanes) is 1. The quantitative estimate of drug-likeness (QED) is 0.242. The number of esters is 1. The van der Waals surface area contributed by atoms with Gasteiger partial charge in [0.2, 0.25) is 0 Å². The van der Waals surface area contributed by atoms with Gasteiger partial charge in [-0.3, -0.25) is 0 Å². The highest BCUT2D eigenvalue weighted by atomic mass is 16.5. The third-order valence-electron chi connectivity index (χ3n) is 3.50. The molecule has 0 aromatic heterocycles. The fourth-order valence-corrected chi connectivity index (χ4v) is 2.14. The minimum atomic E-state index is -0.670. The molecule has 0 radical (unpaired) electrons. The lowest BCUT2D eigenvalue weighted by Gasteiger charge is -2.06. The summed E-state index contributed by atoms with van der Waals surface area (Å²) >= 11 is 0. The first-order valence-electron chi connectivity index (χ1n) is 8.26. The first-order chi connectivity index (χ1) is 12.1. The van der Waals surface area contributed by atoms with Crippen molar-refractivity contribution in [2.75, 3.05) is 6.61 Å². The lowest BCUT2D eigenvalue weighted by Crippen LogP contribution is -2.10. The van der Waals surface area contributed by atoms with Gasteiger partial charge in [0.05, 0.1) is 6.61 Å². The Hall–Kier alpha value is -3.06. The zero-order valence-corrected chi connectivity index (χ0v) is 14.5. The smallest absolute Gasteiger partial charge is 0.354 e. The van der Waals surface area contributed by atoms with Gasteiger partial charge in [0.1, 0.15) is 23.1 Å². The van der Waals surface area contributed by atoms with Crippen LogP contribution in [-0.2, 0) is 4.79 Å². The number of ether oxygens (including phenoxy) is 2. The maximum atomic E-state index is 12.2. The Bertz CT molecular complexity index is 786. The van der Waals surface area contributed by atoms with Gasteiger partial charge >= 0.3 is 5.97 Å². The summed E-state index contributed by atoms with van der Waals surface area (Å²) in [6, 6.07) is 16.3. The van der Waals surface area contributed by atoms with Gasteiger partial charge in [-0.25, -0.2) is 4.79 Å². The number of hydrogen-bond acceptors (Lipinski definition) is 4. The second-order valence-corrected chi connectivity index (χ2v) is 5.65. The molecule has 0 amide bonds. The molecule has 0 atom stereocenters. The van der Waals surface area contributed by atoms with Crippen molar-refractivity contribution in [2.45, 2.75) is 26.7 Å². The molecular weight excluding hydrogens is 314 g/mol. The topological polar surface area (TPSA) is 59.3 Å². The zero-order valence-electron chi connectivity index (χ0n) is 14.5. The summed E-state index contributed by atoms with van der Waals surface area (Å²) < 4.78 is 10.8. The SMILES string of the molecule is CCCCOc1ccc(/C=C(\C#N)C(=O)Oc2cccc(C)c2)cc1. The Kier molecular flexibility index (Phi) is 6.79. The molecular formula is C21H21NO3. The second kappa shape index (κ2) is 9.29. The van der Waals surface area contributed by atoms with Crippen molar-refractivity contribution in [1.29, 1.82) is 5.26 Å². The molecule has 0 unspecified atom stereocenters. The van der Waals surface area contributed by atoms with Crippen LogP contribution in [-0.4, -0.2) is 12.6 Å². The first kappa shape index (κ1) is 18.3. The normalized spacial score (nSPS) is 10.8. The van der Waals surface area contributed by atoms with Crippen molar-refractivity contribution in [3.63, 3.8) is 0 Å². The lowest BCUT2D eigenvalue weighted by molar-refractivity contribution is -0.129. The van der Waals surface area contributed by atoms with E-state index in [0.29, 0.717) is 12.4 Å². The average molecular weight is 335 g/mol. The van der Waals surface area contributed by atoms with E-state index in [-0.39, 0.29) is 5.57 Å². The summed E-state index contributed by atoms with van der Waals surface area (Å²) in [5.41, 5.74) is 1.66. The van der Waals surface area contributed by atoms with E-state index >= 15 is 0 Å². The molecule has 0 aliphatic rings. The average Bonchev–Trinajstić information content (AvgIpc) is 2.61. The van der Waals surface area contributed by atoms with Gasteiger partial charge in [0.15, 0.2) is 0 Å². The zero-order chi connectivity index (χ0) is 18.1. The van der Waals surface area contributed by atoms with Gasteiger partial charge < -0.3 is 9.47 Å². The minimum Gasteiger partial charge on any atom is -0.494 e. The van der Waals surface area contributed by atoms with Crippen molar-refractivity contribution in [2.24, 2.45) is 0 Å². The Morgan fingerprint density at radius 2 is 1.92 bits per heavy atom. The third kappa shape index (κ3) is 5.82. The molecule has 128 valence electrons. The predicted molar refractivity (Wildman–Crippen MR) is 97.2 cm³/mol. The van der Waals surface area contributed by atoms with Gasteiger partial charge in [0.25, 0.3) is 0 Å². The van der Waals surface area contributed by atoms with E-state index in [2.05, 4.69) is 6.92 Å². The number of carbonyl (C=O) groups excluding carboxylic acids is 1. The Morgan fingerprint density at radius 1 is 1.16 bits per heavy atom. The molecule has 0 aliphatic heterocycles. The molecule has 2 aromatic carbocycles. The lowest BCUT2D eigenvalue weighted by atomic mass is 10.1. The van der Waals surface area contributed by atoms with Crippen LogP contribution in [0.4, 0.5) is 0 Å². The number of nitrogens with zero attached hydrogens (tertiary/aromatic N) is 1. The maximum Gasteiger partial charge on any atom is 0.354 e. The highest BCUT2D eigenvalue weighted by Crippen LogP contribution is 2.17. The summed E-state index contributed by atoms with van der Waals surface area (Å²) in [7, 11) is 0. The van der Waals surface area contributed by atoms with Crippen molar-refractivity contribution in [3.05, 3.63) is 65.2 Å². The van der Waals surface area contributed by atoms with Crippen LogP contribution in [0.1, 0.15) is 30.9 Å². The summed E-state index contributed by atoms with van der Waals surface area (Å²) in [6.07, 6.45) is 3.59. The molecule has 4 nitrogen and oxygen atoms in total. The summed E-state index contributed by atoms with van der Waals surface area (Å²) in [5.74, 6) is 0.522. The van der Waals surface area contributed by atoms with Crippen LogP contribution in [0.3, 0.4) is 0 Å². The monoisotopic (exact) mass is 335 g/mol. The number of rotatable bonds is 7. The van der Waals surface area contributed by atoms with Gasteiger partial charge in [-0.1, -0.05) is 37.6 Å². The van der Waals surface area contributed by atoms with E-state index in [1.54, 1.807) is 30.3 Å². The van der Waals surface area contributed by atoms with Gasteiger partial charge in [0, 0.05) is 0 Å². The highest BCUT2D eigenvalue weighted by Gasteiger charge is 2.12. The summed E-state index contributed by atoms with van der Waals surface area (Å²) in [5, 5.41) is 9.24. The Balaban J connectivity index is 2.06. The molecule has 0 aliphatic carbocycles. The molecule has 0 N–H and O–H groups in total. The fourth-order valence-electron chi connectivity index (χ4n) is 2.14. The fraction of sp³-hybridized carbons (Fsp3) is 0.238. The molecule has 0 saturated heterocycles. The Morgan fingerprint density at radius 3 is 2.56 bits per heavy atom. The Labute approximate surface area is 148 Å². The van der Waals surface area contributed by atoms with Gasteiger partial charge in [-0.2, -0.15) is 5.26 Å². The molecule has 2 aromatic rings. The van der Waals surface area contributed by atoms with Crippen LogP contribution in [0.5, 0.6) is 11.5 Å². The third-order valence-corrected chi connectivity index (χ3v) is 3.50. The number of carbonyl (C=O) groups is 1. The summed E-state index contributed by atoms with van der Waals surface area (Å²) in [6.45, 7) is 4.69. The van der Waals surface area contributed by atoms with Crippen LogP contribution in [0.2, 0.25) is 0 Å². The summed E-state index contributed by atoms with van der Waals surface area (Å²) in [4.78, 5) is 12.2. The molecule has 2 rings (SSSR count). The maximum absolute atomic E-state index is 12.2. The van der Waals surface area contributed by atoms with E-state index in [9.17, 15) is 10.1 Å². The van der Waals surface area contributed by atoms with Crippen molar-refractivity contribution in [1.82, 2.24) is 0 Å². The molecule has 0 bridgehead atoms. The standard InChI is InChI=1S/C21H21NO3/c1-3-4-12-24-19-10-8-17(9-11-19)14-18(15-22)21(23)25-20-7-5-6-16(2)13-20/h5-11,13-14H,3-4,12H2,1-2H3/b18-14+. The minimum absolute atomic E-state index is 0.0545. The number of aryl methyl sites for hydroxylation is 1. The molecule has 0 saturated carbocycles. The van der Waals surface area contributed by atoms with Crippen molar-refractivity contribution < 1.29 is 14.3 Å². The molecule has 4 heteroatoms. The largest absolute Gasteiger partial charge is 0.494 e. The van der Waals surface area contributed by atoms with E-state index in [1.807, 2.05) is 31.2 Å². The van der Waals surface area contributed by atoms with Crippen LogP contribution >= 0.6 is 0 Å². The van der Waals surface area contributed by atoms with E-state index in [4.69, 9.17) is 9.47 Å². The highest BCUT2D eigenvalue weighted by molar-refractivity contribution is 5.99. The van der Waals surface area contributed by atoms with Crippen LogP contribution in [0.25, 0.3) is 6.08 Å². The van der Waals surface area contributed by atoms with Crippen LogP contribution in [0.15, 0.2) is 54.1 Å². The molecule has 0 spiro atoms. The second-order valence-electron chi connectivity index (χ2n) is 5.65. The van der Waals surface area contributed by atoms with Crippen molar-refractivity contribution >= 4 is 12.0 Å². The van der Waals surface area contributed by atoms with E-state index < -0.39 is 5.97 Å². The predicted octanol–water partition coefficient (Wildman–Crippen LogP) is 4.69.